The molecular weight excluding hydrogens is 493 g/mol. The van der Waals surface area contributed by atoms with Gasteiger partial charge in [0.1, 0.15) is 11.4 Å². The number of nitrogens with one attached hydrogen (secondary N) is 1. The summed E-state index contributed by atoms with van der Waals surface area (Å²) in [5.41, 5.74) is -4.60. The fourth-order valence-electron chi connectivity index (χ4n) is 3.74. The van der Waals surface area contributed by atoms with Crippen molar-refractivity contribution >= 4 is 41.1 Å². The zero-order valence-corrected chi connectivity index (χ0v) is 20.1. The number of rotatable bonds is 6. The summed E-state index contributed by atoms with van der Waals surface area (Å²) in [5.74, 6) is -0.658. The van der Waals surface area contributed by atoms with Crippen LogP contribution >= 0.6 is 11.8 Å². The third-order valence-corrected chi connectivity index (χ3v) is 6.38. The number of benzene rings is 2. The second-order valence-corrected chi connectivity index (χ2v) is 9.58. The Morgan fingerprint density at radius 1 is 1.00 bits per heavy atom. The van der Waals surface area contributed by atoms with E-state index in [9.17, 15) is 27.6 Å². The monoisotopic (exact) mass is 514 g/mol. The van der Waals surface area contributed by atoms with Crippen molar-refractivity contribution in [2.45, 2.75) is 36.3 Å². The highest BCUT2D eigenvalue weighted by Crippen LogP contribution is 2.39. The lowest BCUT2D eigenvalue weighted by Crippen LogP contribution is -2.43. The molecule has 1 fully saturated rings. The molecule has 36 heavy (non-hydrogen) atoms. The fraction of sp³-hybridized carbons (Fsp3) is 0.200. The normalized spacial score (nSPS) is 15.4. The highest BCUT2D eigenvalue weighted by atomic mass is 32.2. The fourth-order valence-corrected chi connectivity index (χ4v) is 4.28. The molecule has 2 heterocycles. The number of thioether (sulfide) groups is 1. The van der Waals surface area contributed by atoms with Crippen molar-refractivity contribution in [3.8, 4) is 0 Å². The number of hydrogen-bond acceptors (Lipinski definition) is 5. The van der Waals surface area contributed by atoms with Crippen LogP contribution in [0.4, 0.5) is 29.5 Å². The zero-order chi connectivity index (χ0) is 26.1. The molecule has 1 aliphatic heterocycles. The summed E-state index contributed by atoms with van der Waals surface area (Å²) < 4.78 is 37.9. The van der Waals surface area contributed by atoms with Crippen LogP contribution in [0.25, 0.3) is 0 Å². The maximum Gasteiger partial charge on any atom is 0.446 e. The quantitative estimate of drug-likeness (QED) is 0.337. The lowest BCUT2D eigenvalue weighted by molar-refractivity contribution is -0.123. The number of anilines is 2. The summed E-state index contributed by atoms with van der Waals surface area (Å²) in [4.78, 5) is 45.6. The van der Waals surface area contributed by atoms with Crippen molar-refractivity contribution in [2.75, 3.05) is 10.2 Å². The molecule has 0 aliphatic carbocycles. The van der Waals surface area contributed by atoms with Crippen molar-refractivity contribution < 1.29 is 27.6 Å². The van der Waals surface area contributed by atoms with Gasteiger partial charge < -0.3 is 10.2 Å². The molecule has 3 aromatic rings. The van der Waals surface area contributed by atoms with Crippen molar-refractivity contribution in [2.24, 2.45) is 0 Å². The predicted octanol–water partition coefficient (Wildman–Crippen LogP) is 5.69. The molecule has 0 radical (unpaired) electrons. The number of aromatic nitrogens is 1. The van der Waals surface area contributed by atoms with E-state index in [1.807, 2.05) is 0 Å². The second-order valence-electron chi connectivity index (χ2n) is 8.44. The van der Waals surface area contributed by atoms with Gasteiger partial charge in [-0.05, 0) is 68.1 Å². The van der Waals surface area contributed by atoms with E-state index >= 15 is 0 Å². The van der Waals surface area contributed by atoms with E-state index < -0.39 is 23.0 Å². The summed E-state index contributed by atoms with van der Waals surface area (Å²) in [7, 11) is 0. The van der Waals surface area contributed by atoms with Gasteiger partial charge in [0.25, 0.3) is 11.8 Å². The van der Waals surface area contributed by atoms with Crippen LogP contribution in [0, 0.1) is 0 Å². The molecule has 4 rings (SSSR count). The van der Waals surface area contributed by atoms with E-state index in [4.69, 9.17) is 0 Å². The largest absolute Gasteiger partial charge is 0.446 e. The molecule has 0 atom stereocenters. The minimum atomic E-state index is -4.45. The summed E-state index contributed by atoms with van der Waals surface area (Å²) in [6.07, 6.45) is 1.50. The molecule has 0 saturated carbocycles. The summed E-state index contributed by atoms with van der Waals surface area (Å²) in [6.45, 7) is 3.13. The number of amides is 4. The Morgan fingerprint density at radius 3 is 2.31 bits per heavy atom. The molecular formula is C25H21F3N4O3S. The number of carbonyl (C=O) groups excluding carboxylic acids is 3. The van der Waals surface area contributed by atoms with Crippen molar-refractivity contribution in [3.05, 3.63) is 84.1 Å². The molecule has 1 aromatic heterocycles. The Kier molecular flexibility index (Phi) is 6.77. The van der Waals surface area contributed by atoms with Gasteiger partial charge in [-0.1, -0.05) is 24.3 Å². The summed E-state index contributed by atoms with van der Waals surface area (Å²) in [6, 6.07) is 16.3. The lowest BCUT2D eigenvalue weighted by atomic mass is 10.0. The van der Waals surface area contributed by atoms with Crippen LogP contribution in [0.5, 0.6) is 0 Å². The Labute approximate surface area is 209 Å². The van der Waals surface area contributed by atoms with Gasteiger partial charge in [0.2, 0.25) is 0 Å². The van der Waals surface area contributed by atoms with Gasteiger partial charge in [-0.2, -0.15) is 13.2 Å². The van der Waals surface area contributed by atoms with Crippen LogP contribution in [0.2, 0.25) is 0 Å². The van der Waals surface area contributed by atoms with E-state index in [1.165, 1.54) is 35.4 Å². The first-order valence-corrected chi connectivity index (χ1v) is 11.6. The first-order valence-electron chi connectivity index (χ1n) is 10.8. The SMILES string of the molecule is CC1(C)C(=O)N(c2ccc(SC(F)(F)F)cc2)C(=O)N1Cc1cccnc1NC(=O)c1ccccc1. The minimum Gasteiger partial charge on any atom is -0.306 e. The van der Waals surface area contributed by atoms with Crippen molar-refractivity contribution in [1.29, 1.82) is 0 Å². The molecule has 0 bridgehead atoms. The topological polar surface area (TPSA) is 82.6 Å². The van der Waals surface area contributed by atoms with Gasteiger partial charge >= 0.3 is 11.5 Å². The number of carbonyl (C=O) groups is 3. The van der Waals surface area contributed by atoms with Gasteiger partial charge in [-0.3, -0.25) is 9.59 Å². The van der Waals surface area contributed by atoms with E-state index in [1.54, 1.807) is 56.3 Å². The van der Waals surface area contributed by atoms with Crippen molar-refractivity contribution in [3.63, 3.8) is 0 Å². The maximum atomic E-state index is 13.3. The minimum absolute atomic E-state index is 0.0334. The van der Waals surface area contributed by atoms with Crippen LogP contribution in [0.15, 0.2) is 77.8 Å². The lowest BCUT2D eigenvalue weighted by Gasteiger charge is -2.28. The molecule has 1 saturated heterocycles. The molecule has 7 nitrogen and oxygen atoms in total. The van der Waals surface area contributed by atoms with E-state index in [0.29, 0.717) is 11.1 Å². The number of alkyl halides is 3. The molecule has 11 heteroatoms. The number of urea groups is 1. The average molecular weight is 515 g/mol. The number of pyridine rings is 1. The molecule has 1 N–H and O–H groups in total. The van der Waals surface area contributed by atoms with Crippen LogP contribution in [0.3, 0.4) is 0 Å². The smallest absolute Gasteiger partial charge is 0.306 e. The van der Waals surface area contributed by atoms with Gasteiger partial charge in [0.05, 0.1) is 12.2 Å². The first kappa shape index (κ1) is 25.2. The van der Waals surface area contributed by atoms with Gasteiger partial charge in [-0.15, -0.1) is 0 Å². The second kappa shape index (κ2) is 9.65. The van der Waals surface area contributed by atoms with Crippen LogP contribution in [-0.2, 0) is 11.3 Å². The summed E-state index contributed by atoms with van der Waals surface area (Å²) >= 11 is -0.280. The predicted molar refractivity (Wildman–Crippen MR) is 129 cm³/mol. The van der Waals surface area contributed by atoms with Crippen LogP contribution in [-0.4, -0.2) is 38.8 Å². The highest BCUT2D eigenvalue weighted by molar-refractivity contribution is 8.00. The number of imide groups is 1. The third-order valence-electron chi connectivity index (χ3n) is 5.64. The molecule has 186 valence electrons. The first-order chi connectivity index (χ1) is 17.0. The molecule has 1 aliphatic rings. The average Bonchev–Trinajstić information content (AvgIpc) is 2.99. The molecule has 0 spiro atoms. The number of halogens is 3. The molecule has 2 aromatic carbocycles. The van der Waals surface area contributed by atoms with Crippen molar-refractivity contribution in [1.82, 2.24) is 9.88 Å². The van der Waals surface area contributed by atoms with E-state index in [2.05, 4.69) is 10.3 Å². The van der Waals surface area contributed by atoms with E-state index in [-0.39, 0.29) is 40.6 Å². The molecule has 4 amide bonds. The Hall–Kier alpha value is -3.86. The van der Waals surface area contributed by atoms with Crippen LogP contribution in [0.1, 0.15) is 29.8 Å². The Morgan fingerprint density at radius 2 is 1.67 bits per heavy atom. The molecule has 0 unspecified atom stereocenters. The zero-order valence-electron chi connectivity index (χ0n) is 19.2. The summed E-state index contributed by atoms with van der Waals surface area (Å²) in [5, 5.41) is 2.74. The number of hydrogen-bond donors (Lipinski definition) is 1. The third kappa shape index (κ3) is 5.20. The van der Waals surface area contributed by atoms with Crippen LogP contribution < -0.4 is 10.2 Å². The number of nitrogens with zero attached hydrogens (tertiary/aromatic N) is 3. The Bertz CT molecular complexity index is 1300. The Balaban J connectivity index is 1.57. The van der Waals surface area contributed by atoms with Gasteiger partial charge in [0.15, 0.2) is 0 Å². The van der Waals surface area contributed by atoms with Gasteiger partial charge in [-0.25, -0.2) is 14.7 Å². The van der Waals surface area contributed by atoms with E-state index in [0.717, 1.165) is 4.90 Å². The van der Waals surface area contributed by atoms with Gasteiger partial charge in [0, 0.05) is 22.2 Å². The maximum absolute atomic E-state index is 13.3. The standard InChI is InChI=1S/C25H21F3N4O3S/c1-24(2)22(34)32(18-10-12-19(13-11-18)36-25(26,27)28)23(35)31(24)15-17-9-6-14-29-20(17)30-21(33)16-7-4-3-5-8-16/h3-14H,15H2,1-2H3,(H,29,30,33). The highest BCUT2D eigenvalue weighted by Gasteiger charge is 2.52.